The van der Waals surface area contributed by atoms with Gasteiger partial charge in [0.05, 0.1) is 11.6 Å². The Hall–Kier alpha value is -1.22. The van der Waals surface area contributed by atoms with Crippen LogP contribution in [0.25, 0.3) is 0 Å². The van der Waals surface area contributed by atoms with Crippen molar-refractivity contribution in [2.45, 2.75) is 33.1 Å². The molecule has 0 aromatic heterocycles. The Labute approximate surface area is 119 Å². The van der Waals surface area contributed by atoms with E-state index in [9.17, 15) is 4.79 Å². The number of amides is 1. The first-order chi connectivity index (χ1) is 9.06. The molecule has 0 radical (unpaired) electrons. The topological polar surface area (TPSA) is 38.3 Å². The maximum atomic E-state index is 11.8. The lowest BCUT2D eigenvalue weighted by Gasteiger charge is -2.24. The van der Waals surface area contributed by atoms with Crippen LogP contribution in [0.3, 0.4) is 0 Å². The van der Waals surface area contributed by atoms with E-state index in [-0.39, 0.29) is 11.8 Å². The van der Waals surface area contributed by atoms with Gasteiger partial charge >= 0.3 is 0 Å². The normalized spacial score (nSPS) is 15.2. The summed E-state index contributed by atoms with van der Waals surface area (Å²) in [6.45, 7) is 4.80. The number of rotatable bonds is 5. The third kappa shape index (κ3) is 3.87. The van der Waals surface area contributed by atoms with Crippen molar-refractivity contribution in [3.05, 3.63) is 23.2 Å². The van der Waals surface area contributed by atoms with Gasteiger partial charge in [0.15, 0.2) is 0 Å². The molecule has 1 aromatic rings. The molecule has 1 amide bonds. The van der Waals surface area contributed by atoms with E-state index < -0.39 is 0 Å². The Bertz CT molecular complexity index is 455. The van der Waals surface area contributed by atoms with E-state index in [4.69, 9.17) is 16.3 Å². The quantitative estimate of drug-likeness (QED) is 0.882. The lowest BCUT2D eigenvalue weighted by atomic mass is 9.85. The molecule has 0 atom stereocenters. The fourth-order valence-corrected chi connectivity index (χ4v) is 2.10. The number of anilines is 1. The van der Waals surface area contributed by atoms with Gasteiger partial charge < -0.3 is 10.1 Å². The maximum Gasteiger partial charge on any atom is 0.227 e. The number of hydrogen-bond donors (Lipinski definition) is 1. The summed E-state index contributed by atoms with van der Waals surface area (Å²) >= 11 is 6.15. The largest absolute Gasteiger partial charge is 0.492 e. The Morgan fingerprint density at radius 1 is 1.47 bits per heavy atom. The summed E-state index contributed by atoms with van der Waals surface area (Å²) < 4.78 is 5.59. The van der Waals surface area contributed by atoms with Crippen LogP contribution in [-0.2, 0) is 4.79 Å². The number of benzene rings is 1. The second-order valence-corrected chi connectivity index (χ2v) is 5.87. The molecule has 1 aliphatic carbocycles. The highest BCUT2D eigenvalue weighted by atomic mass is 35.5. The van der Waals surface area contributed by atoms with Crippen molar-refractivity contribution in [3.63, 3.8) is 0 Å². The smallest absolute Gasteiger partial charge is 0.227 e. The first kappa shape index (κ1) is 14.2. The Balaban J connectivity index is 1.95. The molecule has 1 fully saturated rings. The first-order valence-electron chi connectivity index (χ1n) is 6.79. The average Bonchev–Trinajstić information content (AvgIpc) is 2.25. The number of hydrogen-bond acceptors (Lipinski definition) is 2. The predicted molar refractivity (Wildman–Crippen MR) is 77.8 cm³/mol. The summed E-state index contributed by atoms with van der Waals surface area (Å²) in [5.41, 5.74) is 0.735. The molecule has 1 aromatic carbocycles. The summed E-state index contributed by atoms with van der Waals surface area (Å²) in [6.07, 6.45) is 3.14. The molecule has 1 N–H and O–H groups in total. The number of carbonyl (C=O) groups is 1. The number of ether oxygens (including phenoxy) is 1. The molecule has 19 heavy (non-hydrogen) atoms. The van der Waals surface area contributed by atoms with Crippen LogP contribution in [-0.4, -0.2) is 12.5 Å². The van der Waals surface area contributed by atoms with Crippen LogP contribution < -0.4 is 10.1 Å². The van der Waals surface area contributed by atoms with Gasteiger partial charge in [-0.1, -0.05) is 31.9 Å². The molecule has 1 aliphatic rings. The molecule has 0 aliphatic heterocycles. The van der Waals surface area contributed by atoms with Gasteiger partial charge in [-0.05, 0) is 37.0 Å². The van der Waals surface area contributed by atoms with Gasteiger partial charge in [-0.15, -0.1) is 0 Å². The van der Waals surface area contributed by atoms with Crippen molar-refractivity contribution in [3.8, 4) is 5.75 Å². The van der Waals surface area contributed by atoms with Crippen LogP contribution in [0.5, 0.6) is 5.75 Å². The monoisotopic (exact) mass is 281 g/mol. The molecule has 0 heterocycles. The Morgan fingerprint density at radius 2 is 2.21 bits per heavy atom. The number of carbonyl (C=O) groups excluding carboxylic acids is 1. The van der Waals surface area contributed by atoms with Crippen LogP contribution in [0.4, 0.5) is 5.69 Å². The van der Waals surface area contributed by atoms with Crippen molar-refractivity contribution in [2.24, 2.45) is 11.8 Å². The van der Waals surface area contributed by atoms with E-state index in [0.717, 1.165) is 24.9 Å². The van der Waals surface area contributed by atoms with Crippen molar-refractivity contribution < 1.29 is 9.53 Å². The summed E-state index contributed by atoms with van der Waals surface area (Å²) in [7, 11) is 0. The molecule has 104 valence electrons. The van der Waals surface area contributed by atoms with Crippen molar-refractivity contribution >= 4 is 23.2 Å². The zero-order chi connectivity index (χ0) is 13.8. The third-order valence-electron chi connectivity index (χ3n) is 3.25. The average molecular weight is 282 g/mol. The van der Waals surface area contributed by atoms with Crippen LogP contribution in [0, 0.1) is 11.8 Å². The van der Waals surface area contributed by atoms with Gasteiger partial charge in [0.1, 0.15) is 5.75 Å². The SMILES string of the molecule is CC(C)COc1ccc(NC(=O)C2CCC2)cc1Cl. The van der Waals surface area contributed by atoms with Crippen LogP contribution in [0.15, 0.2) is 18.2 Å². The van der Waals surface area contributed by atoms with Crippen molar-refractivity contribution in [1.29, 1.82) is 0 Å². The van der Waals surface area contributed by atoms with Gasteiger partial charge in [-0.25, -0.2) is 0 Å². The molecule has 0 saturated heterocycles. The van der Waals surface area contributed by atoms with Gasteiger partial charge in [-0.3, -0.25) is 4.79 Å². The Kier molecular flexibility index (Phi) is 4.70. The van der Waals surface area contributed by atoms with Gasteiger partial charge in [0.25, 0.3) is 0 Å². The minimum atomic E-state index is 0.0955. The predicted octanol–water partition coefficient (Wildman–Crippen LogP) is 4.11. The molecule has 4 heteroatoms. The maximum absolute atomic E-state index is 11.8. The molecule has 1 saturated carbocycles. The molecule has 0 bridgehead atoms. The third-order valence-corrected chi connectivity index (χ3v) is 3.54. The Morgan fingerprint density at radius 3 is 2.74 bits per heavy atom. The summed E-state index contributed by atoms with van der Waals surface area (Å²) in [5, 5.41) is 3.43. The molecule has 2 rings (SSSR count). The summed E-state index contributed by atoms with van der Waals surface area (Å²) in [5.74, 6) is 1.39. The van der Waals surface area contributed by atoms with Crippen LogP contribution >= 0.6 is 11.6 Å². The first-order valence-corrected chi connectivity index (χ1v) is 7.17. The molecule has 0 unspecified atom stereocenters. The van der Waals surface area contributed by atoms with E-state index in [1.165, 1.54) is 0 Å². The molecule has 0 spiro atoms. The van der Waals surface area contributed by atoms with E-state index in [0.29, 0.717) is 23.3 Å². The van der Waals surface area contributed by atoms with Gasteiger partial charge in [0.2, 0.25) is 5.91 Å². The highest BCUT2D eigenvalue weighted by molar-refractivity contribution is 6.32. The summed E-state index contributed by atoms with van der Waals surface area (Å²) in [6, 6.07) is 5.38. The summed E-state index contributed by atoms with van der Waals surface area (Å²) in [4.78, 5) is 11.8. The van der Waals surface area contributed by atoms with Crippen LogP contribution in [0.2, 0.25) is 5.02 Å². The van der Waals surface area contributed by atoms with Gasteiger partial charge in [-0.2, -0.15) is 0 Å². The fraction of sp³-hybridized carbons (Fsp3) is 0.533. The van der Waals surface area contributed by atoms with E-state index in [1.807, 2.05) is 6.07 Å². The molecule has 3 nitrogen and oxygen atoms in total. The van der Waals surface area contributed by atoms with E-state index in [1.54, 1.807) is 12.1 Å². The van der Waals surface area contributed by atoms with E-state index in [2.05, 4.69) is 19.2 Å². The number of nitrogens with one attached hydrogen (secondary N) is 1. The van der Waals surface area contributed by atoms with E-state index >= 15 is 0 Å². The van der Waals surface area contributed by atoms with Crippen LogP contribution in [0.1, 0.15) is 33.1 Å². The highest BCUT2D eigenvalue weighted by Gasteiger charge is 2.25. The van der Waals surface area contributed by atoms with Crippen molar-refractivity contribution in [1.82, 2.24) is 0 Å². The zero-order valence-electron chi connectivity index (χ0n) is 11.4. The lowest BCUT2D eigenvalue weighted by Crippen LogP contribution is -2.27. The second kappa shape index (κ2) is 6.29. The fourth-order valence-electron chi connectivity index (χ4n) is 1.87. The highest BCUT2D eigenvalue weighted by Crippen LogP contribution is 2.30. The molecular formula is C15H20ClNO2. The van der Waals surface area contributed by atoms with Gasteiger partial charge in [0, 0.05) is 11.6 Å². The second-order valence-electron chi connectivity index (χ2n) is 5.47. The minimum Gasteiger partial charge on any atom is -0.492 e. The minimum absolute atomic E-state index is 0.0955. The van der Waals surface area contributed by atoms with Crippen molar-refractivity contribution in [2.75, 3.05) is 11.9 Å². The molecular weight excluding hydrogens is 262 g/mol. The number of halogens is 1. The zero-order valence-corrected chi connectivity index (χ0v) is 12.2. The lowest BCUT2D eigenvalue weighted by molar-refractivity contribution is -0.122. The standard InChI is InChI=1S/C15H20ClNO2/c1-10(2)9-19-14-7-6-12(8-13(14)16)17-15(18)11-4-3-5-11/h6-8,10-11H,3-5,9H2,1-2H3,(H,17,18).